The Labute approximate surface area is 111 Å². The fourth-order valence-electron chi connectivity index (χ4n) is 1.75. The van der Waals surface area contributed by atoms with Crippen molar-refractivity contribution in [2.75, 3.05) is 6.61 Å². The Morgan fingerprint density at radius 2 is 2.06 bits per heavy atom. The summed E-state index contributed by atoms with van der Waals surface area (Å²) >= 11 is 0. The highest BCUT2D eigenvalue weighted by atomic mass is 16.5. The van der Waals surface area contributed by atoms with Crippen molar-refractivity contribution in [3.05, 3.63) is 24.0 Å². The molecule has 0 amide bonds. The molecule has 0 aliphatic heterocycles. The normalized spacial score (nSPS) is 12.4. The van der Waals surface area contributed by atoms with Crippen LogP contribution in [0.25, 0.3) is 0 Å². The van der Waals surface area contributed by atoms with E-state index in [-0.39, 0.29) is 6.04 Å². The zero-order valence-electron chi connectivity index (χ0n) is 11.7. The maximum atomic E-state index is 5.90. The largest absolute Gasteiger partial charge is 0.492 e. The number of nitrogens with two attached hydrogens (primary N) is 1. The van der Waals surface area contributed by atoms with Crippen LogP contribution in [0, 0.1) is 0 Å². The van der Waals surface area contributed by atoms with Crippen LogP contribution in [0.1, 0.15) is 51.6 Å². The summed E-state index contributed by atoms with van der Waals surface area (Å²) in [6, 6.07) is 4.21. The Kier molecular flexibility index (Phi) is 7.42. The lowest BCUT2D eigenvalue weighted by molar-refractivity contribution is 0.303. The monoisotopic (exact) mass is 250 g/mol. The van der Waals surface area contributed by atoms with Gasteiger partial charge in [0.2, 0.25) is 0 Å². The molecule has 3 heteroatoms. The fraction of sp³-hybridized carbons (Fsp3) is 0.667. The van der Waals surface area contributed by atoms with Crippen molar-refractivity contribution in [1.29, 1.82) is 0 Å². The van der Waals surface area contributed by atoms with Crippen LogP contribution in [0.4, 0.5) is 0 Å². The van der Waals surface area contributed by atoms with Crippen molar-refractivity contribution in [2.24, 2.45) is 5.73 Å². The molecular weight excluding hydrogens is 224 g/mol. The average Bonchev–Trinajstić information content (AvgIpc) is 2.40. The predicted molar refractivity (Wildman–Crippen MR) is 75.8 cm³/mol. The molecule has 0 saturated heterocycles. The van der Waals surface area contributed by atoms with Gasteiger partial charge in [0.25, 0.3) is 0 Å². The second kappa shape index (κ2) is 8.92. The van der Waals surface area contributed by atoms with Crippen molar-refractivity contribution in [3.63, 3.8) is 0 Å². The number of rotatable bonds is 9. The Hall–Kier alpha value is -1.09. The molecule has 0 spiro atoms. The van der Waals surface area contributed by atoms with Crippen LogP contribution < -0.4 is 10.5 Å². The van der Waals surface area contributed by atoms with Gasteiger partial charge in [-0.2, -0.15) is 0 Å². The second-order valence-corrected chi connectivity index (χ2v) is 4.77. The molecule has 0 bridgehead atoms. The standard InChI is InChI=1S/C15H26N2O/c1-3-5-6-7-10-18-15-9-8-14(17-12-15)11-13(16)4-2/h8-9,12-13H,3-7,10-11,16H2,1-2H3. The number of pyridine rings is 1. The van der Waals surface area contributed by atoms with Gasteiger partial charge in [0.15, 0.2) is 0 Å². The first-order valence-electron chi connectivity index (χ1n) is 7.09. The smallest absolute Gasteiger partial charge is 0.137 e. The van der Waals surface area contributed by atoms with Crippen LogP contribution in [0.2, 0.25) is 0 Å². The maximum Gasteiger partial charge on any atom is 0.137 e. The van der Waals surface area contributed by atoms with Crippen LogP contribution in [0.5, 0.6) is 5.75 Å². The quantitative estimate of drug-likeness (QED) is 0.684. The minimum absolute atomic E-state index is 0.207. The van der Waals surface area contributed by atoms with Gasteiger partial charge in [-0.25, -0.2) is 0 Å². The summed E-state index contributed by atoms with van der Waals surface area (Å²) in [5.74, 6) is 0.861. The van der Waals surface area contributed by atoms with Gasteiger partial charge in [0, 0.05) is 18.2 Å². The van der Waals surface area contributed by atoms with Gasteiger partial charge in [-0.1, -0.05) is 33.1 Å². The van der Waals surface area contributed by atoms with E-state index in [1.807, 2.05) is 12.1 Å². The van der Waals surface area contributed by atoms with Gasteiger partial charge in [-0.3, -0.25) is 4.98 Å². The molecule has 2 N–H and O–H groups in total. The third kappa shape index (κ3) is 6.01. The van der Waals surface area contributed by atoms with E-state index in [1.165, 1.54) is 19.3 Å². The topological polar surface area (TPSA) is 48.1 Å². The number of unbranched alkanes of at least 4 members (excludes halogenated alkanes) is 3. The van der Waals surface area contributed by atoms with Crippen molar-refractivity contribution in [1.82, 2.24) is 4.98 Å². The molecule has 1 aromatic heterocycles. The third-order valence-corrected chi connectivity index (χ3v) is 3.06. The minimum atomic E-state index is 0.207. The number of nitrogens with zero attached hydrogens (tertiary/aromatic N) is 1. The summed E-state index contributed by atoms with van der Waals surface area (Å²) in [5, 5.41) is 0. The van der Waals surface area contributed by atoms with Gasteiger partial charge >= 0.3 is 0 Å². The molecule has 1 heterocycles. The molecule has 18 heavy (non-hydrogen) atoms. The average molecular weight is 250 g/mol. The third-order valence-electron chi connectivity index (χ3n) is 3.06. The van der Waals surface area contributed by atoms with Crippen molar-refractivity contribution in [3.8, 4) is 5.75 Å². The lowest BCUT2D eigenvalue weighted by atomic mass is 10.1. The van der Waals surface area contributed by atoms with Crippen molar-refractivity contribution < 1.29 is 4.74 Å². The molecule has 0 aliphatic rings. The summed E-state index contributed by atoms with van der Waals surface area (Å²) < 4.78 is 5.65. The van der Waals surface area contributed by atoms with Crippen molar-refractivity contribution in [2.45, 2.75) is 58.4 Å². The second-order valence-electron chi connectivity index (χ2n) is 4.77. The molecular formula is C15H26N2O. The molecule has 0 fully saturated rings. The highest BCUT2D eigenvalue weighted by Crippen LogP contribution is 2.11. The molecule has 0 aliphatic carbocycles. The molecule has 0 saturated carbocycles. The van der Waals surface area contributed by atoms with Gasteiger partial charge in [0.1, 0.15) is 5.75 Å². The Bertz CT molecular complexity index is 311. The van der Waals surface area contributed by atoms with Crippen LogP contribution in [-0.4, -0.2) is 17.6 Å². The predicted octanol–water partition coefficient (Wildman–Crippen LogP) is 3.32. The van der Waals surface area contributed by atoms with E-state index in [4.69, 9.17) is 10.5 Å². The number of hydrogen-bond donors (Lipinski definition) is 1. The summed E-state index contributed by atoms with van der Waals surface area (Å²) in [4.78, 5) is 4.38. The zero-order chi connectivity index (χ0) is 13.2. The Morgan fingerprint density at radius 3 is 2.67 bits per heavy atom. The lowest BCUT2D eigenvalue weighted by Gasteiger charge is -2.09. The highest BCUT2D eigenvalue weighted by Gasteiger charge is 2.03. The molecule has 0 aromatic carbocycles. The maximum absolute atomic E-state index is 5.90. The Morgan fingerprint density at radius 1 is 1.22 bits per heavy atom. The fourth-order valence-corrected chi connectivity index (χ4v) is 1.75. The van der Waals surface area contributed by atoms with E-state index >= 15 is 0 Å². The number of aromatic nitrogens is 1. The molecule has 1 atom stereocenters. The van der Waals surface area contributed by atoms with E-state index in [1.54, 1.807) is 6.20 Å². The summed E-state index contributed by atoms with van der Waals surface area (Å²) in [6.07, 6.45) is 8.54. The van der Waals surface area contributed by atoms with Crippen LogP contribution >= 0.6 is 0 Å². The molecule has 3 nitrogen and oxygen atoms in total. The van der Waals surface area contributed by atoms with E-state index in [2.05, 4.69) is 18.8 Å². The summed E-state index contributed by atoms with van der Waals surface area (Å²) in [6.45, 7) is 5.10. The van der Waals surface area contributed by atoms with Gasteiger partial charge in [0.05, 0.1) is 12.8 Å². The summed E-state index contributed by atoms with van der Waals surface area (Å²) in [5.41, 5.74) is 6.94. The molecule has 0 radical (unpaired) electrons. The molecule has 1 unspecified atom stereocenters. The number of hydrogen-bond acceptors (Lipinski definition) is 3. The van der Waals surface area contributed by atoms with Gasteiger partial charge < -0.3 is 10.5 Å². The zero-order valence-corrected chi connectivity index (χ0v) is 11.7. The van der Waals surface area contributed by atoms with Gasteiger partial charge in [-0.15, -0.1) is 0 Å². The van der Waals surface area contributed by atoms with E-state index in [0.29, 0.717) is 0 Å². The molecule has 1 aromatic rings. The van der Waals surface area contributed by atoms with Crippen LogP contribution in [-0.2, 0) is 6.42 Å². The number of ether oxygens (including phenoxy) is 1. The highest BCUT2D eigenvalue weighted by molar-refractivity contribution is 5.20. The van der Waals surface area contributed by atoms with E-state index < -0.39 is 0 Å². The SMILES string of the molecule is CCCCCCOc1ccc(CC(N)CC)nc1. The molecule has 102 valence electrons. The van der Waals surface area contributed by atoms with Crippen LogP contribution in [0.15, 0.2) is 18.3 Å². The summed E-state index contributed by atoms with van der Waals surface area (Å²) in [7, 11) is 0. The Balaban J connectivity index is 2.27. The van der Waals surface area contributed by atoms with Gasteiger partial charge in [-0.05, 0) is 25.0 Å². The molecule has 1 rings (SSSR count). The lowest BCUT2D eigenvalue weighted by Crippen LogP contribution is -2.21. The van der Waals surface area contributed by atoms with E-state index in [9.17, 15) is 0 Å². The minimum Gasteiger partial charge on any atom is -0.492 e. The first-order valence-corrected chi connectivity index (χ1v) is 7.09. The van der Waals surface area contributed by atoms with E-state index in [0.717, 1.165) is 37.3 Å². The first-order chi connectivity index (χ1) is 8.76. The van der Waals surface area contributed by atoms with Crippen molar-refractivity contribution >= 4 is 0 Å². The van der Waals surface area contributed by atoms with Crippen LogP contribution in [0.3, 0.4) is 0 Å². The first kappa shape index (κ1) is 15.0.